The van der Waals surface area contributed by atoms with Crippen LogP contribution in [0, 0.1) is 19.8 Å². The third-order valence-corrected chi connectivity index (χ3v) is 5.06. The summed E-state index contributed by atoms with van der Waals surface area (Å²) in [6.07, 6.45) is 6.11. The van der Waals surface area contributed by atoms with Crippen LogP contribution >= 0.6 is 11.6 Å². The zero-order valence-corrected chi connectivity index (χ0v) is 14.0. The monoisotopic (exact) mass is 306 g/mol. The Morgan fingerprint density at radius 1 is 1.19 bits per heavy atom. The summed E-state index contributed by atoms with van der Waals surface area (Å²) in [4.78, 5) is 4.37. The van der Waals surface area contributed by atoms with Crippen LogP contribution in [0.5, 0.6) is 0 Å². The van der Waals surface area contributed by atoms with Gasteiger partial charge in [-0.15, -0.1) is 10.2 Å². The third-order valence-electron chi connectivity index (χ3n) is 4.81. The molecular formula is C16H23ClN4. The lowest BCUT2D eigenvalue weighted by atomic mass is 9.77. The Morgan fingerprint density at radius 3 is 2.48 bits per heavy atom. The van der Waals surface area contributed by atoms with Crippen molar-refractivity contribution < 1.29 is 0 Å². The molecule has 0 N–H and O–H groups in total. The summed E-state index contributed by atoms with van der Waals surface area (Å²) in [7, 11) is 0. The average Bonchev–Trinajstić information content (AvgIpc) is 3.02. The summed E-state index contributed by atoms with van der Waals surface area (Å²) >= 11 is 6.27. The SMILES string of the molecule is Cc1nc(Cl)c2nnc(C3(CC(C)C)CCCC3)n2c1C. The maximum absolute atomic E-state index is 6.27. The van der Waals surface area contributed by atoms with E-state index in [1.54, 1.807) is 0 Å². The van der Waals surface area contributed by atoms with Gasteiger partial charge < -0.3 is 0 Å². The number of nitrogens with zero attached hydrogens (tertiary/aromatic N) is 4. The fourth-order valence-electron chi connectivity index (χ4n) is 3.87. The van der Waals surface area contributed by atoms with Crippen molar-refractivity contribution in [2.75, 3.05) is 0 Å². The number of aromatic nitrogens is 4. The molecule has 21 heavy (non-hydrogen) atoms. The smallest absolute Gasteiger partial charge is 0.198 e. The molecule has 0 bridgehead atoms. The molecule has 114 valence electrons. The maximum atomic E-state index is 6.27. The van der Waals surface area contributed by atoms with Crippen LogP contribution in [0.25, 0.3) is 5.65 Å². The van der Waals surface area contributed by atoms with Gasteiger partial charge in [-0.2, -0.15) is 0 Å². The lowest BCUT2D eigenvalue weighted by Crippen LogP contribution is -2.28. The second-order valence-electron chi connectivity index (χ2n) is 6.84. The highest BCUT2D eigenvalue weighted by Gasteiger charge is 2.40. The standard InChI is InChI=1S/C16H23ClN4/c1-10(2)9-16(7-5-6-8-16)15-20-19-14-13(17)18-11(3)12(4)21(14)15/h10H,5-9H2,1-4H3. The maximum Gasteiger partial charge on any atom is 0.198 e. The summed E-state index contributed by atoms with van der Waals surface area (Å²) in [5.41, 5.74) is 2.90. The van der Waals surface area contributed by atoms with Crippen molar-refractivity contribution in [3.8, 4) is 0 Å². The Bertz CT molecular complexity index is 668. The molecule has 0 unspecified atom stereocenters. The summed E-state index contributed by atoms with van der Waals surface area (Å²) in [5, 5.41) is 9.34. The minimum Gasteiger partial charge on any atom is -0.279 e. The molecule has 1 fully saturated rings. The molecule has 0 aliphatic heterocycles. The Hall–Kier alpha value is -1.16. The normalized spacial score (nSPS) is 18.0. The first-order valence-electron chi connectivity index (χ1n) is 7.83. The van der Waals surface area contributed by atoms with Gasteiger partial charge in [0.1, 0.15) is 5.82 Å². The van der Waals surface area contributed by atoms with E-state index in [1.807, 2.05) is 6.92 Å². The van der Waals surface area contributed by atoms with Crippen molar-refractivity contribution in [1.29, 1.82) is 0 Å². The van der Waals surface area contributed by atoms with Gasteiger partial charge in [0, 0.05) is 11.1 Å². The molecule has 2 aromatic rings. The van der Waals surface area contributed by atoms with Crippen LogP contribution in [-0.4, -0.2) is 19.6 Å². The van der Waals surface area contributed by atoms with Crippen molar-refractivity contribution in [3.05, 3.63) is 22.4 Å². The molecule has 5 heteroatoms. The lowest BCUT2D eigenvalue weighted by Gasteiger charge is -2.29. The first-order chi connectivity index (χ1) is 9.94. The molecule has 0 amide bonds. The third kappa shape index (κ3) is 2.33. The van der Waals surface area contributed by atoms with E-state index < -0.39 is 0 Å². The minimum atomic E-state index is 0.148. The molecule has 2 heterocycles. The van der Waals surface area contributed by atoms with Gasteiger partial charge >= 0.3 is 0 Å². The highest BCUT2D eigenvalue weighted by Crippen LogP contribution is 2.45. The highest BCUT2D eigenvalue weighted by molar-refractivity contribution is 6.32. The van der Waals surface area contributed by atoms with E-state index in [0.29, 0.717) is 16.7 Å². The van der Waals surface area contributed by atoms with Gasteiger partial charge in [-0.1, -0.05) is 38.3 Å². The summed E-state index contributed by atoms with van der Waals surface area (Å²) in [5.74, 6) is 1.74. The Kier molecular flexibility index (Phi) is 3.68. The summed E-state index contributed by atoms with van der Waals surface area (Å²) < 4.78 is 2.15. The Labute approximate surface area is 130 Å². The van der Waals surface area contributed by atoms with Gasteiger partial charge in [0.2, 0.25) is 0 Å². The van der Waals surface area contributed by atoms with Crippen LogP contribution < -0.4 is 0 Å². The molecule has 0 spiro atoms. The molecule has 3 rings (SSSR count). The number of fused-ring (bicyclic) bond motifs is 1. The second-order valence-corrected chi connectivity index (χ2v) is 7.20. The van der Waals surface area contributed by atoms with E-state index in [4.69, 9.17) is 11.6 Å². The van der Waals surface area contributed by atoms with E-state index >= 15 is 0 Å². The molecule has 1 aliphatic carbocycles. The largest absolute Gasteiger partial charge is 0.279 e. The average molecular weight is 307 g/mol. The Morgan fingerprint density at radius 2 is 1.86 bits per heavy atom. The molecule has 1 aliphatic rings. The van der Waals surface area contributed by atoms with Crippen LogP contribution in [0.3, 0.4) is 0 Å². The number of aryl methyl sites for hydroxylation is 2. The van der Waals surface area contributed by atoms with Crippen LogP contribution in [-0.2, 0) is 5.41 Å². The zero-order chi connectivity index (χ0) is 15.2. The van der Waals surface area contributed by atoms with Gasteiger partial charge in [0.15, 0.2) is 10.8 Å². The fourth-order valence-corrected chi connectivity index (χ4v) is 4.12. The first kappa shape index (κ1) is 14.8. The topological polar surface area (TPSA) is 43.1 Å². The number of hydrogen-bond donors (Lipinski definition) is 0. The lowest BCUT2D eigenvalue weighted by molar-refractivity contribution is 0.326. The van der Waals surface area contributed by atoms with Crippen LogP contribution in [0.1, 0.15) is 63.2 Å². The van der Waals surface area contributed by atoms with Crippen molar-refractivity contribution >= 4 is 17.2 Å². The quantitative estimate of drug-likeness (QED) is 0.851. The molecule has 2 aromatic heterocycles. The predicted octanol–water partition coefficient (Wildman–Crippen LogP) is 4.25. The van der Waals surface area contributed by atoms with E-state index in [-0.39, 0.29) is 5.41 Å². The van der Waals surface area contributed by atoms with Crippen molar-refractivity contribution in [1.82, 2.24) is 19.6 Å². The molecular weight excluding hydrogens is 284 g/mol. The number of hydrogen-bond acceptors (Lipinski definition) is 3. The van der Waals surface area contributed by atoms with Gasteiger partial charge in [-0.05, 0) is 39.0 Å². The molecule has 0 aromatic carbocycles. The van der Waals surface area contributed by atoms with Crippen LogP contribution in [0.2, 0.25) is 5.15 Å². The van der Waals surface area contributed by atoms with Crippen LogP contribution in [0.15, 0.2) is 0 Å². The molecule has 0 atom stereocenters. The summed E-state index contributed by atoms with van der Waals surface area (Å²) in [6, 6.07) is 0. The number of rotatable bonds is 3. The van der Waals surface area contributed by atoms with E-state index in [2.05, 4.69) is 40.4 Å². The van der Waals surface area contributed by atoms with Gasteiger partial charge in [-0.3, -0.25) is 4.40 Å². The molecule has 0 saturated heterocycles. The van der Waals surface area contributed by atoms with Crippen LogP contribution in [0.4, 0.5) is 0 Å². The number of halogens is 1. The minimum absolute atomic E-state index is 0.148. The van der Waals surface area contributed by atoms with E-state index in [0.717, 1.165) is 23.6 Å². The predicted molar refractivity (Wildman–Crippen MR) is 84.9 cm³/mol. The highest BCUT2D eigenvalue weighted by atomic mass is 35.5. The van der Waals surface area contributed by atoms with Gasteiger partial charge in [0.05, 0.1) is 5.69 Å². The van der Waals surface area contributed by atoms with Crippen molar-refractivity contribution in [2.45, 2.75) is 65.2 Å². The van der Waals surface area contributed by atoms with Crippen molar-refractivity contribution in [3.63, 3.8) is 0 Å². The van der Waals surface area contributed by atoms with E-state index in [1.165, 1.54) is 25.7 Å². The molecule has 1 saturated carbocycles. The van der Waals surface area contributed by atoms with Gasteiger partial charge in [0.25, 0.3) is 0 Å². The molecule has 0 radical (unpaired) electrons. The van der Waals surface area contributed by atoms with Crippen molar-refractivity contribution in [2.24, 2.45) is 5.92 Å². The second kappa shape index (κ2) is 5.24. The Balaban J connectivity index is 2.24. The fraction of sp³-hybridized carbons (Fsp3) is 0.688. The first-order valence-corrected chi connectivity index (χ1v) is 8.21. The zero-order valence-electron chi connectivity index (χ0n) is 13.3. The summed E-state index contributed by atoms with van der Waals surface area (Å²) in [6.45, 7) is 8.65. The molecule has 4 nitrogen and oxygen atoms in total. The van der Waals surface area contributed by atoms with Gasteiger partial charge in [-0.25, -0.2) is 4.98 Å². The van der Waals surface area contributed by atoms with E-state index in [9.17, 15) is 0 Å².